The first-order valence-electron chi connectivity index (χ1n) is 5.37. The van der Waals surface area contributed by atoms with Crippen LogP contribution in [0.15, 0.2) is 36.8 Å². The minimum Gasteiger partial charge on any atom is -0.357 e. The Labute approximate surface area is 104 Å². The molecule has 0 fully saturated rings. The van der Waals surface area contributed by atoms with Crippen LogP contribution < -0.4 is 0 Å². The molecule has 0 spiro atoms. The average Bonchev–Trinajstić information content (AvgIpc) is 2.74. The topological polar surface area (TPSA) is 44.5 Å². The highest BCUT2D eigenvalue weighted by molar-refractivity contribution is 7.71. The average molecular weight is 241 g/mol. The molecule has 0 aliphatic carbocycles. The lowest BCUT2D eigenvalue weighted by molar-refractivity contribution is 1.20. The Morgan fingerprint density at radius 1 is 1.18 bits per heavy atom. The summed E-state index contributed by atoms with van der Waals surface area (Å²) in [5.74, 6) is 0. The van der Waals surface area contributed by atoms with E-state index in [1.165, 1.54) is 11.1 Å². The van der Waals surface area contributed by atoms with Crippen LogP contribution >= 0.6 is 12.2 Å². The molecule has 0 atom stereocenters. The Kier molecular flexibility index (Phi) is 2.30. The van der Waals surface area contributed by atoms with E-state index in [0.717, 1.165) is 16.6 Å². The molecule has 0 aliphatic rings. The summed E-state index contributed by atoms with van der Waals surface area (Å²) in [7, 11) is 0. The number of fused-ring (bicyclic) bond motifs is 1. The van der Waals surface area contributed by atoms with E-state index in [2.05, 4.69) is 46.1 Å². The van der Waals surface area contributed by atoms with E-state index < -0.39 is 0 Å². The number of aryl methyl sites for hydroxylation is 1. The van der Waals surface area contributed by atoms with Crippen molar-refractivity contribution in [2.24, 2.45) is 0 Å². The molecule has 2 N–H and O–H groups in total. The summed E-state index contributed by atoms with van der Waals surface area (Å²) in [6.45, 7) is 2.09. The van der Waals surface area contributed by atoms with Gasteiger partial charge in [-0.2, -0.15) is 0 Å². The molecule has 0 saturated heterocycles. The van der Waals surface area contributed by atoms with Crippen molar-refractivity contribution in [2.75, 3.05) is 0 Å². The minimum atomic E-state index is 0.595. The van der Waals surface area contributed by atoms with Crippen LogP contribution in [0.2, 0.25) is 0 Å². The van der Waals surface area contributed by atoms with E-state index in [1.807, 2.05) is 6.20 Å². The molecule has 0 unspecified atom stereocenters. The number of hydrogen-bond acceptors (Lipinski definition) is 2. The summed E-state index contributed by atoms with van der Waals surface area (Å²) in [4.78, 5) is 10.4. The van der Waals surface area contributed by atoms with E-state index >= 15 is 0 Å². The predicted molar refractivity (Wildman–Crippen MR) is 71.5 cm³/mol. The first-order valence-corrected chi connectivity index (χ1v) is 5.78. The van der Waals surface area contributed by atoms with Crippen molar-refractivity contribution in [1.29, 1.82) is 0 Å². The number of H-pyrrole nitrogens is 2. The molecule has 0 bridgehead atoms. The molecule has 0 amide bonds. The Hall–Kier alpha value is -1.94. The summed E-state index contributed by atoms with van der Waals surface area (Å²) in [5.41, 5.74) is 5.43. The SMILES string of the molecule is Cc1cccc(-c2c[nH]c3c(=S)nc[nH]c23)c1. The molecule has 1 aromatic carbocycles. The second kappa shape index (κ2) is 3.82. The summed E-state index contributed by atoms with van der Waals surface area (Å²) < 4.78 is 0.595. The van der Waals surface area contributed by atoms with Crippen molar-refractivity contribution in [3.05, 3.63) is 47.0 Å². The highest BCUT2D eigenvalue weighted by atomic mass is 32.1. The lowest BCUT2D eigenvalue weighted by Crippen LogP contribution is -1.82. The van der Waals surface area contributed by atoms with Gasteiger partial charge in [0.05, 0.1) is 11.8 Å². The van der Waals surface area contributed by atoms with Gasteiger partial charge in [0.1, 0.15) is 5.52 Å². The molecule has 2 aromatic heterocycles. The summed E-state index contributed by atoms with van der Waals surface area (Å²) >= 11 is 5.18. The van der Waals surface area contributed by atoms with E-state index in [-0.39, 0.29) is 0 Å². The Bertz CT molecular complexity index is 740. The fourth-order valence-electron chi connectivity index (χ4n) is 2.00. The zero-order valence-electron chi connectivity index (χ0n) is 9.32. The normalized spacial score (nSPS) is 10.9. The lowest BCUT2D eigenvalue weighted by atomic mass is 10.1. The molecule has 0 aliphatic heterocycles. The van der Waals surface area contributed by atoms with Crippen molar-refractivity contribution >= 4 is 23.3 Å². The molecular formula is C13H11N3S. The molecule has 2 heterocycles. The highest BCUT2D eigenvalue weighted by Gasteiger charge is 2.07. The molecule has 3 aromatic rings. The van der Waals surface area contributed by atoms with Gasteiger partial charge in [0.25, 0.3) is 0 Å². The molecule has 0 radical (unpaired) electrons. The molecule has 3 nitrogen and oxygen atoms in total. The maximum atomic E-state index is 5.18. The van der Waals surface area contributed by atoms with Crippen LogP contribution in [0.5, 0.6) is 0 Å². The maximum Gasteiger partial charge on any atom is 0.153 e. The van der Waals surface area contributed by atoms with E-state index in [4.69, 9.17) is 12.2 Å². The third kappa shape index (κ3) is 1.66. The van der Waals surface area contributed by atoms with Crippen molar-refractivity contribution in [1.82, 2.24) is 15.0 Å². The van der Waals surface area contributed by atoms with E-state index in [0.29, 0.717) is 4.64 Å². The fourth-order valence-corrected chi connectivity index (χ4v) is 2.22. The van der Waals surface area contributed by atoms with Crippen molar-refractivity contribution in [3.8, 4) is 11.1 Å². The van der Waals surface area contributed by atoms with Crippen LogP contribution in [0.1, 0.15) is 5.56 Å². The lowest BCUT2D eigenvalue weighted by Gasteiger charge is -2.00. The summed E-state index contributed by atoms with van der Waals surface area (Å²) in [5, 5.41) is 0. The number of nitrogens with zero attached hydrogens (tertiary/aromatic N) is 1. The predicted octanol–water partition coefficient (Wildman–Crippen LogP) is 3.60. The van der Waals surface area contributed by atoms with Crippen LogP contribution in [0, 0.1) is 11.6 Å². The van der Waals surface area contributed by atoms with Gasteiger partial charge in [-0.25, -0.2) is 4.98 Å². The van der Waals surface area contributed by atoms with Crippen LogP contribution in [0.3, 0.4) is 0 Å². The van der Waals surface area contributed by atoms with Crippen LogP contribution in [-0.2, 0) is 0 Å². The second-order valence-corrected chi connectivity index (χ2v) is 4.42. The molecular weight excluding hydrogens is 230 g/mol. The Balaban J connectivity index is 2.32. The number of benzene rings is 1. The fraction of sp³-hybridized carbons (Fsp3) is 0.0769. The molecule has 3 rings (SSSR count). The number of aromatic amines is 2. The second-order valence-electron chi connectivity index (χ2n) is 4.03. The van der Waals surface area contributed by atoms with Gasteiger partial charge in [-0.05, 0) is 12.5 Å². The monoisotopic (exact) mass is 241 g/mol. The largest absolute Gasteiger partial charge is 0.357 e. The first kappa shape index (κ1) is 10.2. The van der Waals surface area contributed by atoms with Crippen LogP contribution in [-0.4, -0.2) is 15.0 Å². The highest BCUT2D eigenvalue weighted by Crippen LogP contribution is 2.27. The summed E-state index contributed by atoms with van der Waals surface area (Å²) in [6, 6.07) is 8.38. The smallest absolute Gasteiger partial charge is 0.153 e. The third-order valence-electron chi connectivity index (χ3n) is 2.81. The molecule has 84 valence electrons. The van der Waals surface area contributed by atoms with Crippen molar-refractivity contribution in [2.45, 2.75) is 6.92 Å². The zero-order chi connectivity index (χ0) is 11.8. The minimum absolute atomic E-state index is 0.595. The number of rotatable bonds is 1. The molecule has 4 heteroatoms. The van der Waals surface area contributed by atoms with Gasteiger partial charge in [-0.3, -0.25) is 0 Å². The van der Waals surface area contributed by atoms with Gasteiger partial charge >= 0.3 is 0 Å². The van der Waals surface area contributed by atoms with E-state index in [9.17, 15) is 0 Å². The van der Waals surface area contributed by atoms with Crippen molar-refractivity contribution < 1.29 is 0 Å². The van der Waals surface area contributed by atoms with Crippen molar-refractivity contribution in [3.63, 3.8) is 0 Å². The Morgan fingerprint density at radius 3 is 2.88 bits per heavy atom. The van der Waals surface area contributed by atoms with E-state index in [1.54, 1.807) is 6.33 Å². The van der Waals surface area contributed by atoms with Gasteiger partial charge < -0.3 is 9.97 Å². The number of aromatic nitrogens is 3. The van der Waals surface area contributed by atoms with Gasteiger partial charge in [0.2, 0.25) is 0 Å². The van der Waals surface area contributed by atoms with Crippen LogP contribution in [0.25, 0.3) is 22.2 Å². The quantitative estimate of drug-likeness (QED) is 0.639. The number of nitrogens with one attached hydrogen (secondary N) is 2. The zero-order valence-corrected chi connectivity index (χ0v) is 10.1. The van der Waals surface area contributed by atoms with Gasteiger partial charge in [-0.15, -0.1) is 0 Å². The standard InChI is InChI=1S/C13H11N3S/c1-8-3-2-4-9(5-8)10-6-14-12-11(10)15-7-16-13(12)17/h2-7,14H,1H3,(H,15,16,17). The molecule has 0 saturated carbocycles. The third-order valence-corrected chi connectivity index (χ3v) is 3.12. The maximum absolute atomic E-state index is 5.18. The Morgan fingerprint density at radius 2 is 2.06 bits per heavy atom. The van der Waals surface area contributed by atoms with Gasteiger partial charge in [0.15, 0.2) is 4.64 Å². The van der Waals surface area contributed by atoms with Gasteiger partial charge in [-0.1, -0.05) is 42.0 Å². The number of hydrogen-bond donors (Lipinski definition) is 2. The first-order chi connectivity index (χ1) is 8.25. The van der Waals surface area contributed by atoms with Gasteiger partial charge in [0, 0.05) is 11.8 Å². The molecule has 17 heavy (non-hydrogen) atoms. The summed E-state index contributed by atoms with van der Waals surface area (Å²) in [6.07, 6.45) is 3.60. The van der Waals surface area contributed by atoms with Crippen LogP contribution in [0.4, 0.5) is 0 Å².